The molecule has 0 bridgehead atoms. The molecule has 0 aliphatic heterocycles. The first-order valence-corrected chi connectivity index (χ1v) is 10.1. The number of nitrogens with zero attached hydrogens (tertiary/aromatic N) is 3. The summed E-state index contributed by atoms with van der Waals surface area (Å²) in [6, 6.07) is 15.2. The maximum absolute atomic E-state index is 9.61. The Morgan fingerprint density at radius 3 is 2.52 bits per heavy atom. The second kappa shape index (κ2) is 9.05. The highest BCUT2D eigenvalue weighted by molar-refractivity contribution is 6.37. The molecule has 2 heterocycles. The van der Waals surface area contributed by atoms with E-state index in [4.69, 9.17) is 27.9 Å². The molecule has 0 aliphatic carbocycles. The van der Waals surface area contributed by atoms with Gasteiger partial charge in [-0.3, -0.25) is 9.97 Å². The zero-order chi connectivity index (χ0) is 21.8. The van der Waals surface area contributed by atoms with Crippen LogP contribution in [0.5, 0.6) is 5.75 Å². The number of nitrogens with one attached hydrogen (secondary N) is 1. The molecule has 0 radical (unpaired) electrons. The van der Waals surface area contributed by atoms with Gasteiger partial charge in [0.2, 0.25) is 0 Å². The van der Waals surface area contributed by atoms with Gasteiger partial charge in [-0.15, -0.1) is 0 Å². The zero-order valence-electron chi connectivity index (χ0n) is 16.4. The topological polar surface area (TPSA) is 70.8 Å². The van der Waals surface area contributed by atoms with Crippen LogP contribution < -0.4 is 10.1 Å². The van der Waals surface area contributed by atoms with Gasteiger partial charge in [-0.1, -0.05) is 47.5 Å². The first-order valence-electron chi connectivity index (χ1n) is 9.30. The van der Waals surface area contributed by atoms with Crippen molar-refractivity contribution in [3.8, 4) is 11.8 Å². The lowest BCUT2D eigenvalue weighted by Crippen LogP contribution is -1.98. The van der Waals surface area contributed by atoms with E-state index in [1.807, 2.05) is 42.5 Å². The molecule has 0 saturated carbocycles. The Morgan fingerprint density at radius 2 is 1.77 bits per heavy atom. The van der Waals surface area contributed by atoms with Crippen LogP contribution in [0.2, 0.25) is 10.0 Å². The second-order valence-electron chi connectivity index (χ2n) is 6.64. The van der Waals surface area contributed by atoms with E-state index >= 15 is 0 Å². The minimum Gasteiger partial charge on any atom is -0.495 e. The molecule has 2 aromatic heterocycles. The van der Waals surface area contributed by atoms with E-state index < -0.39 is 0 Å². The van der Waals surface area contributed by atoms with Crippen molar-refractivity contribution in [3.05, 3.63) is 87.8 Å². The van der Waals surface area contributed by atoms with Crippen LogP contribution in [0.3, 0.4) is 0 Å². The van der Waals surface area contributed by atoms with Crippen LogP contribution in [0.25, 0.3) is 23.1 Å². The van der Waals surface area contributed by atoms with Crippen molar-refractivity contribution in [2.75, 3.05) is 12.4 Å². The fourth-order valence-corrected chi connectivity index (χ4v) is 3.62. The lowest BCUT2D eigenvalue weighted by atomic mass is 10.1. The van der Waals surface area contributed by atoms with Gasteiger partial charge in [0.1, 0.15) is 11.8 Å². The normalized spacial score (nSPS) is 10.9. The van der Waals surface area contributed by atoms with Crippen molar-refractivity contribution in [2.45, 2.75) is 0 Å². The number of halogens is 2. The Morgan fingerprint density at radius 1 is 1.00 bits per heavy atom. The number of pyridine rings is 2. The van der Waals surface area contributed by atoms with Crippen molar-refractivity contribution >= 4 is 57.6 Å². The molecule has 7 heteroatoms. The van der Waals surface area contributed by atoms with E-state index in [0.29, 0.717) is 32.7 Å². The first kappa shape index (κ1) is 20.7. The molecule has 4 aromatic rings. The predicted octanol–water partition coefficient (Wildman–Crippen LogP) is 6.73. The lowest BCUT2D eigenvalue weighted by molar-refractivity contribution is 0.415. The highest BCUT2D eigenvalue weighted by Gasteiger charge is 2.13. The van der Waals surface area contributed by atoms with Crippen LogP contribution in [0, 0.1) is 11.3 Å². The van der Waals surface area contributed by atoms with E-state index in [9.17, 15) is 5.26 Å². The summed E-state index contributed by atoms with van der Waals surface area (Å²) in [5.74, 6) is 0.481. The molecular weight excluding hydrogens is 431 g/mol. The van der Waals surface area contributed by atoms with Gasteiger partial charge >= 0.3 is 0 Å². The number of aromatic nitrogens is 2. The number of ether oxygens (including phenoxy) is 1. The molecule has 0 aliphatic rings. The summed E-state index contributed by atoms with van der Waals surface area (Å²) in [7, 11) is 1.53. The molecule has 4 rings (SSSR count). The Kier molecular flexibility index (Phi) is 6.03. The molecule has 31 heavy (non-hydrogen) atoms. The third-order valence-electron chi connectivity index (χ3n) is 4.69. The van der Waals surface area contributed by atoms with E-state index in [0.717, 1.165) is 22.0 Å². The Balaban J connectivity index is 1.75. The van der Waals surface area contributed by atoms with Crippen molar-refractivity contribution in [1.82, 2.24) is 9.97 Å². The summed E-state index contributed by atoms with van der Waals surface area (Å²) in [5, 5.41) is 14.5. The van der Waals surface area contributed by atoms with Crippen LogP contribution in [-0.2, 0) is 0 Å². The molecular formula is C24H16Cl2N4O. The molecule has 0 unspecified atom stereocenters. The molecule has 0 amide bonds. The summed E-state index contributed by atoms with van der Waals surface area (Å²) in [5.41, 5.74) is 4.38. The molecule has 0 saturated heterocycles. The van der Waals surface area contributed by atoms with Gasteiger partial charge in [-0.2, -0.15) is 5.26 Å². The SMILES string of the molecule is COc1cc(Nc2c(C#N)cnc3cc(C=Cc4ccncc4)ccc23)c(Cl)cc1Cl. The van der Waals surface area contributed by atoms with E-state index in [1.54, 1.807) is 30.7 Å². The van der Waals surface area contributed by atoms with Crippen molar-refractivity contribution in [2.24, 2.45) is 0 Å². The lowest BCUT2D eigenvalue weighted by Gasteiger charge is -2.14. The molecule has 0 atom stereocenters. The molecule has 152 valence electrons. The second-order valence-corrected chi connectivity index (χ2v) is 7.46. The van der Waals surface area contributed by atoms with Crippen LogP contribution in [0.4, 0.5) is 11.4 Å². The Hall–Kier alpha value is -3.59. The summed E-state index contributed by atoms with van der Waals surface area (Å²) in [6.07, 6.45) is 9.05. The fourth-order valence-electron chi connectivity index (χ4n) is 3.12. The summed E-state index contributed by atoms with van der Waals surface area (Å²) >= 11 is 12.5. The van der Waals surface area contributed by atoms with Crippen LogP contribution in [-0.4, -0.2) is 17.1 Å². The molecule has 2 aromatic carbocycles. The fraction of sp³-hybridized carbons (Fsp3) is 0.0417. The van der Waals surface area contributed by atoms with Gasteiger partial charge < -0.3 is 10.1 Å². The van der Waals surface area contributed by atoms with Gasteiger partial charge in [-0.05, 0) is 35.4 Å². The minimum atomic E-state index is 0.401. The quantitative estimate of drug-likeness (QED) is 0.367. The molecule has 0 spiro atoms. The Bertz CT molecular complexity index is 1330. The monoisotopic (exact) mass is 446 g/mol. The molecule has 0 fully saturated rings. The minimum absolute atomic E-state index is 0.401. The van der Waals surface area contributed by atoms with Gasteiger partial charge in [-0.25, -0.2) is 0 Å². The number of rotatable bonds is 5. The van der Waals surface area contributed by atoms with Gasteiger partial charge in [0.15, 0.2) is 0 Å². The van der Waals surface area contributed by atoms with Crippen molar-refractivity contribution in [1.29, 1.82) is 5.26 Å². The van der Waals surface area contributed by atoms with Crippen LogP contribution in [0.15, 0.2) is 61.1 Å². The van der Waals surface area contributed by atoms with Gasteiger partial charge in [0, 0.05) is 30.0 Å². The average molecular weight is 447 g/mol. The smallest absolute Gasteiger partial charge is 0.139 e. The number of benzene rings is 2. The third-order valence-corrected chi connectivity index (χ3v) is 5.30. The van der Waals surface area contributed by atoms with E-state index in [-0.39, 0.29) is 0 Å². The average Bonchev–Trinajstić information content (AvgIpc) is 2.80. The summed E-state index contributed by atoms with van der Waals surface area (Å²) in [6.45, 7) is 0. The first-order chi connectivity index (χ1) is 15.1. The largest absolute Gasteiger partial charge is 0.495 e. The van der Waals surface area contributed by atoms with Gasteiger partial charge in [0.25, 0.3) is 0 Å². The standard InChI is InChI=1S/C24H16Cl2N4O/c1-31-23-12-22(19(25)11-20(23)26)30-24-17(13-27)14-29-21-10-16(4-5-18(21)24)3-2-15-6-8-28-9-7-15/h2-12,14H,1H3,(H,29,30). The number of anilines is 2. The van der Waals surface area contributed by atoms with Gasteiger partial charge in [0.05, 0.1) is 39.6 Å². The highest BCUT2D eigenvalue weighted by Crippen LogP contribution is 2.37. The van der Waals surface area contributed by atoms with E-state index in [1.165, 1.54) is 7.11 Å². The number of hydrogen-bond donors (Lipinski definition) is 1. The maximum atomic E-state index is 9.61. The van der Waals surface area contributed by atoms with Crippen molar-refractivity contribution in [3.63, 3.8) is 0 Å². The molecule has 1 N–H and O–H groups in total. The third kappa shape index (κ3) is 4.46. The van der Waals surface area contributed by atoms with Crippen molar-refractivity contribution < 1.29 is 4.74 Å². The predicted molar refractivity (Wildman–Crippen MR) is 126 cm³/mol. The summed E-state index contributed by atoms with van der Waals surface area (Å²) in [4.78, 5) is 8.48. The molecule has 5 nitrogen and oxygen atoms in total. The highest BCUT2D eigenvalue weighted by atomic mass is 35.5. The van der Waals surface area contributed by atoms with E-state index in [2.05, 4.69) is 21.4 Å². The summed E-state index contributed by atoms with van der Waals surface area (Å²) < 4.78 is 5.28. The zero-order valence-corrected chi connectivity index (χ0v) is 17.9. The maximum Gasteiger partial charge on any atom is 0.139 e. The number of nitriles is 1. The van der Waals surface area contributed by atoms with Crippen LogP contribution >= 0.6 is 23.2 Å². The Labute approximate surface area is 189 Å². The number of methoxy groups -OCH3 is 1. The number of hydrogen-bond acceptors (Lipinski definition) is 5. The number of fused-ring (bicyclic) bond motifs is 1. The van der Waals surface area contributed by atoms with Crippen LogP contribution in [0.1, 0.15) is 16.7 Å².